The summed E-state index contributed by atoms with van der Waals surface area (Å²) in [4.78, 5) is 16.4. The number of benzene rings is 1. The summed E-state index contributed by atoms with van der Waals surface area (Å²) in [6.45, 7) is 3.80. The van der Waals surface area contributed by atoms with E-state index in [2.05, 4.69) is 38.2 Å². The number of carbonyl (C=O) groups is 1. The number of amides is 1. The molecule has 0 saturated heterocycles. The maximum Gasteiger partial charge on any atom is 0.267 e. The van der Waals surface area contributed by atoms with E-state index in [4.69, 9.17) is 0 Å². The topological polar surface area (TPSA) is 77.8 Å². The molecule has 1 aromatic heterocycles. The Hall–Kier alpha value is -2.40. The molecule has 0 fully saturated rings. The van der Waals surface area contributed by atoms with Crippen LogP contribution < -0.4 is 10.6 Å². The van der Waals surface area contributed by atoms with E-state index in [-0.39, 0.29) is 5.57 Å². The summed E-state index contributed by atoms with van der Waals surface area (Å²) in [5, 5.41) is 14.8. The SMILES string of the molecule is Cc1cc(I)ccc1NC(=O)/C(C#N)=C\Nc1ncccc1C. The van der Waals surface area contributed by atoms with Gasteiger partial charge in [0.15, 0.2) is 0 Å². The lowest BCUT2D eigenvalue weighted by molar-refractivity contribution is -0.112. The van der Waals surface area contributed by atoms with E-state index in [0.717, 1.165) is 14.7 Å². The zero-order valence-corrected chi connectivity index (χ0v) is 14.9. The van der Waals surface area contributed by atoms with E-state index >= 15 is 0 Å². The van der Waals surface area contributed by atoms with Crippen molar-refractivity contribution in [2.45, 2.75) is 13.8 Å². The molecule has 0 bridgehead atoms. The normalized spacial score (nSPS) is 10.8. The standard InChI is InChI=1S/C17H15IN4O/c1-11-4-3-7-20-16(11)21-10-13(9-19)17(23)22-15-6-5-14(18)8-12(15)2/h3-8,10H,1-2H3,(H,20,21)(H,22,23)/b13-10-. The van der Waals surface area contributed by atoms with E-state index in [9.17, 15) is 10.1 Å². The van der Waals surface area contributed by atoms with Crippen LogP contribution in [0.5, 0.6) is 0 Å². The van der Waals surface area contributed by atoms with E-state index in [1.165, 1.54) is 6.20 Å². The Kier molecular flexibility index (Phi) is 5.71. The van der Waals surface area contributed by atoms with Crippen LogP contribution in [0.4, 0.5) is 11.5 Å². The van der Waals surface area contributed by atoms with Gasteiger partial charge in [0.2, 0.25) is 0 Å². The highest BCUT2D eigenvalue weighted by Gasteiger charge is 2.11. The molecule has 0 aliphatic heterocycles. The van der Waals surface area contributed by atoms with Gasteiger partial charge >= 0.3 is 0 Å². The number of pyridine rings is 1. The first-order valence-electron chi connectivity index (χ1n) is 6.87. The Bertz CT molecular complexity index is 808. The van der Waals surface area contributed by atoms with Crippen LogP contribution in [0, 0.1) is 28.7 Å². The highest BCUT2D eigenvalue weighted by molar-refractivity contribution is 14.1. The molecule has 0 aliphatic rings. The first kappa shape index (κ1) is 17.0. The maximum absolute atomic E-state index is 12.2. The summed E-state index contributed by atoms with van der Waals surface area (Å²) in [5.74, 6) is 0.149. The Morgan fingerprint density at radius 3 is 2.74 bits per heavy atom. The van der Waals surface area contributed by atoms with Crippen LogP contribution in [0.2, 0.25) is 0 Å². The minimum atomic E-state index is -0.460. The number of hydrogen-bond acceptors (Lipinski definition) is 4. The molecule has 1 aromatic carbocycles. The first-order valence-corrected chi connectivity index (χ1v) is 7.95. The van der Waals surface area contributed by atoms with E-state index in [0.29, 0.717) is 11.5 Å². The van der Waals surface area contributed by atoms with Crippen molar-refractivity contribution in [2.24, 2.45) is 0 Å². The minimum absolute atomic E-state index is 0.0204. The quantitative estimate of drug-likeness (QED) is 0.450. The molecule has 0 aliphatic carbocycles. The van der Waals surface area contributed by atoms with Crippen LogP contribution in [-0.2, 0) is 4.79 Å². The number of aryl methyl sites for hydroxylation is 2. The van der Waals surface area contributed by atoms with Gasteiger partial charge in [0, 0.05) is 21.7 Å². The zero-order valence-electron chi connectivity index (χ0n) is 12.7. The summed E-state index contributed by atoms with van der Waals surface area (Å²) >= 11 is 2.21. The number of carbonyl (C=O) groups excluding carboxylic acids is 1. The second-order valence-corrected chi connectivity index (χ2v) is 6.14. The van der Waals surface area contributed by atoms with E-state index in [1.807, 2.05) is 50.2 Å². The zero-order chi connectivity index (χ0) is 16.8. The Morgan fingerprint density at radius 1 is 1.30 bits per heavy atom. The molecule has 0 unspecified atom stereocenters. The third-order valence-corrected chi connectivity index (χ3v) is 3.84. The second kappa shape index (κ2) is 7.74. The number of hydrogen-bond donors (Lipinski definition) is 2. The fourth-order valence-electron chi connectivity index (χ4n) is 1.88. The summed E-state index contributed by atoms with van der Waals surface area (Å²) in [6.07, 6.45) is 3.01. The van der Waals surface area contributed by atoms with Crippen LogP contribution in [0.1, 0.15) is 11.1 Å². The van der Waals surface area contributed by atoms with E-state index < -0.39 is 5.91 Å². The van der Waals surface area contributed by atoms with Crippen LogP contribution in [0.3, 0.4) is 0 Å². The maximum atomic E-state index is 12.2. The van der Waals surface area contributed by atoms with Crippen molar-refractivity contribution >= 4 is 40.0 Å². The molecule has 0 radical (unpaired) electrons. The fraction of sp³-hybridized carbons (Fsp3) is 0.118. The second-order valence-electron chi connectivity index (χ2n) is 4.90. The largest absolute Gasteiger partial charge is 0.345 e. The predicted octanol–water partition coefficient (Wildman–Crippen LogP) is 3.76. The van der Waals surface area contributed by atoms with Crippen molar-refractivity contribution in [3.63, 3.8) is 0 Å². The number of aromatic nitrogens is 1. The van der Waals surface area contributed by atoms with Gasteiger partial charge in [-0.15, -0.1) is 0 Å². The van der Waals surface area contributed by atoms with Crippen molar-refractivity contribution < 1.29 is 4.79 Å². The number of anilines is 2. The molecular formula is C17H15IN4O. The third-order valence-electron chi connectivity index (χ3n) is 3.16. The van der Waals surface area contributed by atoms with Gasteiger partial charge in [-0.2, -0.15) is 5.26 Å². The van der Waals surface area contributed by atoms with Gasteiger partial charge in [0.05, 0.1) is 0 Å². The smallest absolute Gasteiger partial charge is 0.267 e. The average Bonchev–Trinajstić information content (AvgIpc) is 2.52. The van der Waals surface area contributed by atoms with Gasteiger partial charge in [0.25, 0.3) is 5.91 Å². The van der Waals surface area contributed by atoms with Gasteiger partial charge in [-0.1, -0.05) is 6.07 Å². The van der Waals surface area contributed by atoms with Crippen molar-refractivity contribution in [1.82, 2.24) is 4.98 Å². The van der Waals surface area contributed by atoms with Gasteiger partial charge < -0.3 is 10.6 Å². The average molecular weight is 418 g/mol. The number of nitrogens with zero attached hydrogens (tertiary/aromatic N) is 2. The molecule has 23 heavy (non-hydrogen) atoms. The number of nitrogens with one attached hydrogen (secondary N) is 2. The molecule has 2 rings (SSSR count). The van der Waals surface area contributed by atoms with Gasteiger partial charge in [-0.25, -0.2) is 4.98 Å². The molecule has 2 N–H and O–H groups in total. The number of halogens is 1. The molecule has 116 valence electrons. The van der Waals surface area contributed by atoms with Crippen molar-refractivity contribution in [1.29, 1.82) is 5.26 Å². The van der Waals surface area contributed by atoms with Crippen molar-refractivity contribution in [3.05, 3.63) is 63.0 Å². The van der Waals surface area contributed by atoms with Crippen molar-refractivity contribution in [3.8, 4) is 6.07 Å². The van der Waals surface area contributed by atoms with Gasteiger partial charge in [0.1, 0.15) is 17.5 Å². The number of nitriles is 1. The van der Waals surface area contributed by atoms with E-state index in [1.54, 1.807) is 6.20 Å². The molecule has 0 spiro atoms. The monoisotopic (exact) mass is 418 g/mol. The predicted molar refractivity (Wildman–Crippen MR) is 98.8 cm³/mol. The summed E-state index contributed by atoms with van der Waals surface area (Å²) < 4.78 is 1.08. The lowest BCUT2D eigenvalue weighted by Gasteiger charge is -2.08. The van der Waals surface area contributed by atoms with Crippen molar-refractivity contribution in [2.75, 3.05) is 10.6 Å². The first-order chi connectivity index (χ1) is 11.0. The highest BCUT2D eigenvalue weighted by Crippen LogP contribution is 2.18. The summed E-state index contributed by atoms with van der Waals surface area (Å²) in [7, 11) is 0. The highest BCUT2D eigenvalue weighted by atomic mass is 127. The van der Waals surface area contributed by atoms with Crippen LogP contribution >= 0.6 is 22.6 Å². The Balaban J connectivity index is 2.14. The lowest BCUT2D eigenvalue weighted by atomic mass is 10.2. The van der Waals surface area contributed by atoms with Gasteiger partial charge in [-0.3, -0.25) is 4.79 Å². The molecule has 0 saturated carbocycles. The Morgan fingerprint density at radius 2 is 2.09 bits per heavy atom. The molecule has 0 atom stereocenters. The van der Waals surface area contributed by atoms with Crippen LogP contribution in [0.25, 0.3) is 0 Å². The van der Waals surface area contributed by atoms with Crippen LogP contribution in [-0.4, -0.2) is 10.9 Å². The molecular weight excluding hydrogens is 403 g/mol. The third kappa shape index (κ3) is 4.53. The summed E-state index contributed by atoms with van der Waals surface area (Å²) in [6, 6.07) is 11.3. The molecule has 5 nitrogen and oxygen atoms in total. The molecule has 2 aromatic rings. The molecule has 6 heteroatoms. The summed E-state index contributed by atoms with van der Waals surface area (Å²) in [5.41, 5.74) is 2.53. The lowest BCUT2D eigenvalue weighted by Crippen LogP contribution is -2.15. The molecule has 1 amide bonds. The molecule has 1 heterocycles. The fourth-order valence-corrected chi connectivity index (χ4v) is 2.53. The minimum Gasteiger partial charge on any atom is -0.345 e. The number of rotatable bonds is 4. The van der Waals surface area contributed by atoms with Crippen LogP contribution in [0.15, 0.2) is 48.3 Å². The Labute approximate surface area is 148 Å². The van der Waals surface area contributed by atoms with Gasteiger partial charge in [-0.05, 0) is 71.8 Å².